The lowest BCUT2D eigenvalue weighted by molar-refractivity contribution is -0.137. The van der Waals surface area contributed by atoms with Crippen LogP contribution in [0, 0.1) is 0 Å². The van der Waals surface area contributed by atoms with Gasteiger partial charge in [-0.3, -0.25) is 4.79 Å². The zero-order valence-corrected chi connectivity index (χ0v) is 12.6. The molecule has 3 N–H and O–H groups in total. The Labute approximate surface area is 125 Å². The van der Waals surface area contributed by atoms with Gasteiger partial charge in [-0.1, -0.05) is 30.7 Å². The predicted molar refractivity (Wildman–Crippen MR) is 83.6 cm³/mol. The summed E-state index contributed by atoms with van der Waals surface area (Å²) in [5.74, 6) is -0.869. The molecule has 0 aliphatic heterocycles. The number of carboxylic acids is 1. The number of nitrogens with one attached hydrogen (secondary N) is 2. The SMILES string of the molecule is CC(C)=CCNC(=O)Nc1ccc(C(C)CC(=O)O)cc1. The zero-order chi connectivity index (χ0) is 15.8. The molecule has 0 fully saturated rings. The third kappa shape index (κ3) is 6.61. The summed E-state index contributed by atoms with van der Waals surface area (Å²) in [6.45, 7) is 6.29. The molecule has 5 heteroatoms. The van der Waals surface area contributed by atoms with Crippen molar-refractivity contribution in [2.75, 3.05) is 11.9 Å². The first kappa shape index (κ1) is 16.8. The van der Waals surface area contributed by atoms with Gasteiger partial charge < -0.3 is 15.7 Å². The van der Waals surface area contributed by atoms with Gasteiger partial charge in [0.2, 0.25) is 0 Å². The van der Waals surface area contributed by atoms with Crippen LogP contribution in [0.15, 0.2) is 35.9 Å². The molecule has 0 heterocycles. The average Bonchev–Trinajstić information content (AvgIpc) is 2.38. The van der Waals surface area contributed by atoms with Crippen molar-refractivity contribution in [2.45, 2.75) is 33.1 Å². The van der Waals surface area contributed by atoms with E-state index in [-0.39, 0.29) is 18.4 Å². The Morgan fingerprint density at radius 1 is 1.24 bits per heavy atom. The van der Waals surface area contributed by atoms with Crippen molar-refractivity contribution in [3.63, 3.8) is 0 Å². The van der Waals surface area contributed by atoms with Gasteiger partial charge in [-0.05, 0) is 37.5 Å². The molecule has 0 aliphatic carbocycles. The van der Waals surface area contributed by atoms with Crippen LogP contribution in [0.2, 0.25) is 0 Å². The maximum atomic E-state index is 11.6. The van der Waals surface area contributed by atoms with Crippen molar-refractivity contribution < 1.29 is 14.7 Å². The normalized spacial score (nSPS) is 11.4. The van der Waals surface area contributed by atoms with E-state index < -0.39 is 5.97 Å². The van der Waals surface area contributed by atoms with Crippen molar-refractivity contribution >= 4 is 17.7 Å². The van der Waals surface area contributed by atoms with Crippen LogP contribution in [0.1, 0.15) is 38.7 Å². The van der Waals surface area contributed by atoms with Gasteiger partial charge in [-0.2, -0.15) is 0 Å². The van der Waals surface area contributed by atoms with Crippen molar-refractivity contribution in [3.8, 4) is 0 Å². The van der Waals surface area contributed by atoms with E-state index in [9.17, 15) is 9.59 Å². The van der Waals surface area contributed by atoms with Crippen LogP contribution >= 0.6 is 0 Å². The second kappa shape index (κ2) is 8.09. The van der Waals surface area contributed by atoms with E-state index in [1.807, 2.05) is 39.0 Å². The number of urea groups is 1. The summed E-state index contributed by atoms with van der Waals surface area (Å²) < 4.78 is 0. The molecule has 0 radical (unpaired) electrons. The molecule has 0 spiro atoms. The van der Waals surface area contributed by atoms with E-state index in [1.165, 1.54) is 0 Å². The summed E-state index contributed by atoms with van der Waals surface area (Å²) in [6, 6.07) is 6.94. The van der Waals surface area contributed by atoms with E-state index in [4.69, 9.17) is 5.11 Å². The highest BCUT2D eigenvalue weighted by Crippen LogP contribution is 2.20. The van der Waals surface area contributed by atoms with E-state index in [0.29, 0.717) is 12.2 Å². The number of amides is 2. The molecular formula is C16H22N2O3. The second-order valence-electron chi connectivity index (χ2n) is 5.24. The summed E-state index contributed by atoms with van der Waals surface area (Å²) in [6.07, 6.45) is 2.02. The maximum absolute atomic E-state index is 11.6. The zero-order valence-electron chi connectivity index (χ0n) is 12.6. The minimum Gasteiger partial charge on any atom is -0.481 e. The first-order valence-electron chi connectivity index (χ1n) is 6.88. The summed E-state index contributed by atoms with van der Waals surface area (Å²) >= 11 is 0. The Balaban J connectivity index is 2.52. The standard InChI is InChI=1S/C16H22N2O3/c1-11(2)8-9-17-16(21)18-14-6-4-13(5-7-14)12(3)10-15(19)20/h4-8,12H,9-10H2,1-3H3,(H,19,20)(H2,17,18,21). The lowest BCUT2D eigenvalue weighted by atomic mass is 9.98. The van der Waals surface area contributed by atoms with Crippen LogP contribution in [0.4, 0.5) is 10.5 Å². The number of carbonyl (C=O) groups is 2. The molecule has 1 unspecified atom stereocenters. The Hall–Kier alpha value is -2.30. The van der Waals surface area contributed by atoms with Crippen LogP contribution in [0.25, 0.3) is 0 Å². The number of allylic oxidation sites excluding steroid dienone is 1. The highest BCUT2D eigenvalue weighted by molar-refractivity contribution is 5.89. The Morgan fingerprint density at radius 3 is 2.38 bits per heavy atom. The fourth-order valence-electron chi connectivity index (χ4n) is 1.80. The molecule has 5 nitrogen and oxygen atoms in total. The summed E-state index contributed by atoms with van der Waals surface area (Å²) in [5, 5.41) is 14.2. The van der Waals surface area contributed by atoms with Gasteiger partial charge in [0.25, 0.3) is 0 Å². The van der Waals surface area contributed by atoms with Crippen LogP contribution in [0.5, 0.6) is 0 Å². The number of benzene rings is 1. The molecule has 0 aliphatic rings. The van der Waals surface area contributed by atoms with Crippen molar-refractivity contribution in [1.82, 2.24) is 5.32 Å². The van der Waals surface area contributed by atoms with Crippen molar-refractivity contribution in [2.24, 2.45) is 0 Å². The van der Waals surface area contributed by atoms with Gasteiger partial charge in [0.05, 0.1) is 6.42 Å². The van der Waals surface area contributed by atoms with E-state index in [2.05, 4.69) is 10.6 Å². The fourth-order valence-corrected chi connectivity index (χ4v) is 1.80. The average molecular weight is 290 g/mol. The van der Waals surface area contributed by atoms with Gasteiger partial charge >= 0.3 is 12.0 Å². The molecule has 0 bridgehead atoms. The summed E-state index contributed by atoms with van der Waals surface area (Å²) in [7, 11) is 0. The number of anilines is 1. The van der Waals surface area contributed by atoms with Crippen molar-refractivity contribution in [3.05, 3.63) is 41.5 Å². The molecule has 21 heavy (non-hydrogen) atoms. The Kier molecular flexibility index (Phi) is 6.46. The molecule has 1 atom stereocenters. The third-order valence-electron chi connectivity index (χ3n) is 2.99. The smallest absolute Gasteiger partial charge is 0.319 e. The van der Waals surface area contributed by atoms with Crippen LogP contribution in [-0.4, -0.2) is 23.7 Å². The largest absolute Gasteiger partial charge is 0.481 e. The third-order valence-corrected chi connectivity index (χ3v) is 2.99. The maximum Gasteiger partial charge on any atom is 0.319 e. The first-order chi connectivity index (χ1) is 9.88. The molecule has 114 valence electrons. The lowest BCUT2D eigenvalue weighted by Crippen LogP contribution is -2.28. The number of carboxylic acid groups (broad SMARTS) is 1. The molecular weight excluding hydrogens is 268 g/mol. The predicted octanol–water partition coefficient (Wildman–Crippen LogP) is 3.35. The Bertz CT molecular complexity index is 517. The quantitative estimate of drug-likeness (QED) is 0.703. The van der Waals surface area contributed by atoms with Crippen LogP contribution < -0.4 is 10.6 Å². The van der Waals surface area contributed by atoms with E-state index in [0.717, 1.165) is 11.1 Å². The molecule has 2 amide bonds. The molecule has 1 aromatic carbocycles. The van der Waals surface area contributed by atoms with Crippen LogP contribution in [-0.2, 0) is 4.79 Å². The second-order valence-corrected chi connectivity index (χ2v) is 5.24. The molecule has 0 saturated heterocycles. The van der Waals surface area contributed by atoms with Crippen LogP contribution in [0.3, 0.4) is 0 Å². The molecule has 1 aromatic rings. The highest BCUT2D eigenvalue weighted by atomic mass is 16.4. The monoisotopic (exact) mass is 290 g/mol. The number of carbonyl (C=O) groups excluding carboxylic acids is 1. The van der Waals surface area contributed by atoms with E-state index >= 15 is 0 Å². The van der Waals surface area contributed by atoms with Gasteiger partial charge in [-0.15, -0.1) is 0 Å². The molecule has 1 rings (SSSR count). The lowest BCUT2D eigenvalue weighted by Gasteiger charge is -2.11. The minimum absolute atomic E-state index is 0.0527. The van der Waals surface area contributed by atoms with E-state index in [1.54, 1.807) is 12.1 Å². The van der Waals surface area contributed by atoms with Gasteiger partial charge in [-0.25, -0.2) is 4.79 Å². The topological polar surface area (TPSA) is 78.4 Å². The number of rotatable bonds is 6. The summed E-state index contributed by atoms with van der Waals surface area (Å²) in [4.78, 5) is 22.3. The number of aliphatic carboxylic acids is 1. The summed E-state index contributed by atoms with van der Waals surface area (Å²) in [5.41, 5.74) is 2.76. The Morgan fingerprint density at radius 2 is 1.86 bits per heavy atom. The first-order valence-corrected chi connectivity index (χ1v) is 6.88. The fraction of sp³-hybridized carbons (Fsp3) is 0.375. The minimum atomic E-state index is -0.816. The van der Waals surface area contributed by atoms with Crippen molar-refractivity contribution in [1.29, 1.82) is 0 Å². The molecule has 0 saturated carbocycles. The van der Waals surface area contributed by atoms with Gasteiger partial charge in [0, 0.05) is 12.2 Å². The number of hydrogen-bond donors (Lipinski definition) is 3. The van der Waals surface area contributed by atoms with Gasteiger partial charge in [0.1, 0.15) is 0 Å². The molecule has 0 aromatic heterocycles. The number of hydrogen-bond acceptors (Lipinski definition) is 2. The van der Waals surface area contributed by atoms with Gasteiger partial charge in [0.15, 0.2) is 0 Å². The highest BCUT2D eigenvalue weighted by Gasteiger charge is 2.10.